The van der Waals surface area contributed by atoms with E-state index in [2.05, 4.69) is 22.3 Å². The summed E-state index contributed by atoms with van der Waals surface area (Å²) in [5.74, 6) is 0. The molecule has 1 saturated heterocycles. The van der Waals surface area contributed by atoms with E-state index in [9.17, 15) is 0 Å². The number of nitrogens with one attached hydrogen (secondary N) is 1. The Kier molecular flexibility index (Phi) is 3.00. The van der Waals surface area contributed by atoms with Gasteiger partial charge in [-0.2, -0.15) is 0 Å². The molecular weight excluding hydrogens is 164 g/mol. The van der Waals surface area contributed by atoms with Gasteiger partial charge in [0.25, 0.3) is 0 Å². The second-order valence-corrected chi connectivity index (χ2v) is 3.43. The smallest absolute Gasteiger partial charge is 0.0877 e. The van der Waals surface area contributed by atoms with Crippen LogP contribution in [0.4, 0.5) is 0 Å². The largest absolute Gasteiger partial charge is 0.375 e. The molecule has 1 N–H and O–H groups in total. The summed E-state index contributed by atoms with van der Waals surface area (Å²) < 4.78 is 7.86. The lowest BCUT2D eigenvalue weighted by molar-refractivity contribution is 0.0551. The Hall–Kier alpha value is -0.800. The van der Waals surface area contributed by atoms with E-state index in [1.165, 1.54) is 0 Å². The van der Waals surface area contributed by atoms with Crippen molar-refractivity contribution in [1.29, 1.82) is 0 Å². The van der Waals surface area contributed by atoms with E-state index in [1.807, 2.05) is 12.1 Å². The topological polar surface area (TPSA) is 26.2 Å². The van der Waals surface area contributed by atoms with Crippen molar-refractivity contribution in [3.8, 4) is 0 Å². The molecule has 1 unspecified atom stereocenters. The fourth-order valence-corrected chi connectivity index (χ4v) is 1.61. The minimum absolute atomic E-state index is 0.329. The third-order valence-corrected chi connectivity index (χ3v) is 2.30. The molecule has 0 bridgehead atoms. The summed E-state index contributed by atoms with van der Waals surface area (Å²) in [6, 6.07) is 4.09. The Morgan fingerprint density at radius 3 is 3.08 bits per heavy atom. The predicted octanol–water partition coefficient (Wildman–Crippen LogP) is 0.867. The average molecular weight is 180 g/mol. The maximum absolute atomic E-state index is 5.69. The first-order valence-corrected chi connectivity index (χ1v) is 4.88. The zero-order chi connectivity index (χ0) is 8.93. The van der Waals surface area contributed by atoms with Gasteiger partial charge in [0.05, 0.1) is 6.10 Å². The minimum atomic E-state index is 0.329. The van der Waals surface area contributed by atoms with Gasteiger partial charge in [-0.1, -0.05) is 0 Å². The van der Waals surface area contributed by atoms with Gasteiger partial charge in [0.2, 0.25) is 0 Å². The molecule has 0 saturated carbocycles. The van der Waals surface area contributed by atoms with Gasteiger partial charge in [-0.15, -0.1) is 0 Å². The molecule has 0 amide bonds. The van der Waals surface area contributed by atoms with Gasteiger partial charge < -0.3 is 14.6 Å². The number of hydrogen-bond donors (Lipinski definition) is 1. The second-order valence-electron chi connectivity index (χ2n) is 3.43. The molecule has 0 radical (unpaired) electrons. The fraction of sp³-hybridized carbons (Fsp3) is 0.600. The molecule has 72 valence electrons. The number of ether oxygens (including phenoxy) is 1. The monoisotopic (exact) mass is 180 g/mol. The van der Waals surface area contributed by atoms with Crippen molar-refractivity contribution in [2.75, 3.05) is 19.7 Å². The lowest BCUT2D eigenvalue weighted by Gasteiger charge is -2.15. The summed E-state index contributed by atoms with van der Waals surface area (Å²) in [5.41, 5.74) is 0. The van der Waals surface area contributed by atoms with Crippen molar-refractivity contribution in [3.63, 3.8) is 0 Å². The van der Waals surface area contributed by atoms with Gasteiger partial charge in [0.1, 0.15) is 0 Å². The zero-order valence-corrected chi connectivity index (χ0v) is 7.78. The van der Waals surface area contributed by atoms with Crippen LogP contribution in [0.5, 0.6) is 0 Å². The van der Waals surface area contributed by atoms with Crippen molar-refractivity contribution >= 4 is 0 Å². The van der Waals surface area contributed by atoms with Gasteiger partial charge >= 0.3 is 0 Å². The predicted molar refractivity (Wildman–Crippen MR) is 51.7 cm³/mol. The molecule has 0 aliphatic carbocycles. The molecule has 1 fully saturated rings. The number of aromatic nitrogens is 1. The highest BCUT2D eigenvalue weighted by Crippen LogP contribution is 2.01. The van der Waals surface area contributed by atoms with E-state index in [-0.39, 0.29) is 0 Å². The molecule has 2 heterocycles. The maximum Gasteiger partial charge on any atom is 0.0877 e. The first-order valence-electron chi connectivity index (χ1n) is 4.88. The minimum Gasteiger partial charge on any atom is -0.375 e. The quantitative estimate of drug-likeness (QED) is 0.730. The Morgan fingerprint density at radius 2 is 2.23 bits per heavy atom. The second kappa shape index (κ2) is 4.44. The Bertz CT molecular complexity index is 225. The normalized spacial score (nSPS) is 24.2. The third kappa shape index (κ3) is 2.57. The lowest BCUT2D eigenvalue weighted by atomic mass is 10.3. The maximum atomic E-state index is 5.69. The molecule has 1 atom stereocenters. The molecule has 1 aromatic rings. The molecule has 3 heteroatoms. The average Bonchev–Trinajstić information content (AvgIpc) is 2.49. The molecule has 3 nitrogen and oxygen atoms in total. The molecule has 1 aliphatic rings. The summed E-state index contributed by atoms with van der Waals surface area (Å²) in [5, 5.41) is 3.37. The summed E-state index contributed by atoms with van der Waals surface area (Å²) >= 11 is 0. The standard InChI is InChI=1S/C10H16N2O/c1-2-6-12(5-1)9-10-8-11-4-3-7-13-10/h1-2,5-6,10-11H,3-4,7-9H2. The summed E-state index contributed by atoms with van der Waals surface area (Å²) in [6.07, 6.45) is 5.61. The fourth-order valence-electron chi connectivity index (χ4n) is 1.61. The molecule has 2 rings (SSSR count). The Labute approximate surface area is 78.7 Å². The van der Waals surface area contributed by atoms with Crippen molar-refractivity contribution in [2.45, 2.75) is 19.1 Å². The van der Waals surface area contributed by atoms with Crippen LogP contribution >= 0.6 is 0 Å². The van der Waals surface area contributed by atoms with E-state index in [0.29, 0.717) is 6.10 Å². The lowest BCUT2D eigenvalue weighted by Crippen LogP contribution is -2.29. The van der Waals surface area contributed by atoms with Crippen LogP contribution in [0, 0.1) is 0 Å². The van der Waals surface area contributed by atoms with Gasteiger partial charge in [0.15, 0.2) is 0 Å². The molecule has 13 heavy (non-hydrogen) atoms. The highest BCUT2D eigenvalue weighted by Gasteiger charge is 2.11. The molecular formula is C10H16N2O. The Balaban J connectivity index is 1.86. The molecule has 1 aromatic heterocycles. The van der Waals surface area contributed by atoms with Crippen LogP contribution in [0.3, 0.4) is 0 Å². The zero-order valence-electron chi connectivity index (χ0n) is 7.78. The van der Waals surface area contributed by atoms with Crippen LogP contribution in [0.2, 0.25) is 0 Å². The van der Waals surface area contributed by atoms with E-state index in [0.717, 1.165) is 32.7 Å². The third-order valence-electron chi connectivity index (χ3n) is 2.30. The van der Waals surface area contributed by atoms with Crippen LogP contribution in [-0.2, 0) is 11.3 Å². The van der Waals surface area contributed by atoms with Crippen molar-refractivity contribution in [1.82, 2.24) is 9.88 Å². The van der Waals surface area contributed by atoms with E-state index in [1.54, 1.807) is 0 Å². The van der Waals surface area contributed by atoms with Crippen LogP contribution in [0.15, 0.2) is 24.5 Å². The highest BCUT2D eigenvalue weighted by atomic mass is 16.5. The number of hydrogen-bond acceptors (Lipinski definition) is 2. The number of rotatable bonds is 2. The molecule has 0 aromatic carbocycles. The van der Waals surface area contributed by atoms with Gasteiger partial charge in [-0.25, -0.2) is 0 Å². The summed E-state index contributed by atoms with van der Waals surface area (Å²) in [6.45, 7) is 3.90. The van der Waals surface area contributed by atoms with Gasteiger partial charge in [-0.3, -0.25) is 0 Å². The summed E-state index contributed by atoms with van der Waals surface area (Å²) in [4.78, 5) is 0. The van der Waals surface area contributed by atoms with Crippen LogP contribution in [0.25, 0.3) is 0 Å². The molecule has 1 aliphatic heterocycles. The van der Waals surface area contributed by atoms with E-state index < -0.39 is 0 Å². The summed E-state index contributed by atoms with van der Waals surface area (Å²) in [7, 11) is 0. The van der Waals surface area contributed by atoms with Crippen LogP contribution < -0.4 is 5.32 Å². The van der Waals surface area contributed by atoms with Gasteiger partial charge in [-0.05, 0) is 25.1 Å². The van der Waals surface area contributed by atoms with Crippen LogP contribution in [-0.4, -0.2) is 30.4 Å². The van der Waals surface area contributed by atoms with Crippen molar-refractivity contribution < 1.29 is 4.74 Å². The Morgan fingerprint density at radius 1 is 1.38 bits per heavy atom. The molecule has 0 spiro atoms. The van der Waals surface area contributed by atoms with E-state index in [4.69, 9.17) is 4.74 Å². The van der Waals surface area contributed by atoms with Gasteiger partial charge in [0, 0.05) is 32.1 Å². The SMILES string of the molecule is c1ccn(CC2CNCCCO2)c1. The first-order chi connectivity index (χ1) is 6.45. The van der Waals surface area contributed by atoms with E-state index >= 15 is 0 Å². The first kappa shape index (κ1) is 8.78. The van der Waals surface area contributed by atoms with Crippen molar-refractivity contribution in [2.24, 2.45) is 0 Å². The van der Waals surface area contributed by atoms with Crippen LogP contribution in [0.1, 0.15) is 6.42 Å². The number of nitrogens with zero attached hydrogens (tertiary/aromatic N) is 1. The van der Waals surface area contributed by atoms with Crippen molar-refractivity contribution in [3.05, 3.63) is 24.5 Å². The highest BCUT2D eigenvalue weighted by molar-refractivity contribution is 4.91.